The molecule has 1 rings (SSSR count). The Morgan fingerprint density at radius 3 is 2.22 bits per heavy atom. The lowest BCUT2D eigenvalue weighted by Crippen LogP contribution is -2.35. The van der Waals surface area contributed by atoms with Crippen LogP contribution < -0.4 is 10.5 Å². The summed E-state index contributed by atoms with van der Waals surface area (Å²) in [7, 11) is 0. The van der Waals surface area contributed by atoms with Gasteiger partial charge in [-0.1, -0.05) is 15.9 Å². The van der Waals surface area contributed by atoms with E-state index in [0.717, 1.165) is 4.47 Å². The van der Waals surface area contributed by atoms with Gasteiger partial charge in [-0.25, -0.2) is 4.79 Å². The predicted molar refractivity (Wildman–Crippen MR) is 69.0 cm³/mol. The molecule has 2 atom stereocenters. The smallest absolute Gasteiger partial charge is 0.347 e. The number of amides is 1. The number of ether oxygens (including phenoxy) is 2. The van der Waals surface area contributed by atoms with E-state index < -0.39 is 24.1 Å². The van der Waals surface area contributed by atoms with Crippen molar-refractivity contribution in [1.29, 1.82) is 0 Å². The molecule has 0 aliphatic carbocycles. The van der Waals surface area contributed by atoms with Gasteiger partial charge in [-0.3, -0.25) is 4.79 Å². The van der Waals surface area contributed by atoms with Crippen molar-refractivity contribution in [3.63, 3.8) is 0 Å². The highest BCUT2D eigenvalue weighted by atomic mass is 79.9. The van der Waals surface area contributed by atoms with Crippen LogP contribution in [0.5, 0.6) is 5.75 Å². The normalized spacial score (nSPS) is 13.5. The summed E-state index contributed by atoms with van der Waals surface area (Å²) in [4.78, 5) is 22.3. The van der Waals surface area contributed by atoms with Gasteiger partial charge in [0.25, 0.3) is 5.91 Å². The fourth-order valence-electron chi connectivity index (χ4n) is 1.09. The Hall–Kier alpha value is -1.56. The summed E-state index contributed by atoms with van der Waals surface area (Å²) >= 11 is 3.29. The van der Waals surface area contributed by atoms with Crippen molar-refractivity contribution < 1.29 is 19.1 Å². The average Bonchev–Trinajstić information content (AvgIpc) is 2.31. The Balaban J connectivity index is 2.54. The molecule has 2 N–H and O–H groups in total. The summed E-state index contributed by atoms with van der Waals surface area (Å²) in [5.74, 6) is -0.794. The lowest BCUT2D eigenvalue weighted by molar-refractivity contribution is -0.159. The lowest BCUT2D eigenvalue weighted by Gasteiger charge is -2.16. The van der Waals surface area contributed by atoms with E-state index in [4.69, 9.17) is 15.2 Å². The molecule has 6 heteroatoms. The Labute approximate surface area is 113 Å². The van der Waals surface area contributed by atoms with Gasteiger partial charge in [-0.05, 0) is 38.1 Å². The van der Waals surface area contributed by atoms with Crippen LogP contribution in [0.4, 0.5) is 0 Å². The third-order valence-electron chi connectivity index (χ3n) is 2.15. The molecule has 0 heterocycles. The zero-order valence-corrected chi connectivity index (χ0v) is 11.6. The number of carbonyl (C=O) groups excluding carboxylic acids is 2. The third-order valence-corrected chi connectivity index (χ3v) is 2.68. The molecule has 0 spiro atoms. The van der Waals surface area contributed by atoms with Crippen LogP contribution in [0.1, 0.15) is 13.8 Å². The van der Waals surface area contributed by atoms with Crippen LogP contribution in [0.2, 0.25) is 0 Å². The largest absolute Gasteiger partial charge is 0.479 e. The number of hydrogen-bond donors (Lipinski definition) is 1. The summed E-state index contributed by atoms with van der Waals surface area (Å²) in [5, 5.41) is 0. The lowest BCUT2D eigenvalue weighted by atomic mass is 10.3. The quantitative estimate of drug-likeness (QED) is 0.838. The van der Waals surface area contributed by atoms with Crippen LogP contribution in [0.25, 0.3) is 0 Å². The maximum Gasteiger partial charge on any atom is 0.347 e. The van der Waals surface area contributed by atoms with Gasteiger partial charge in [0.2, 0.25) is 0 Å². The van der Waals surface area contributed by atoms with Gasteiger partial charge in [0.1, 0.15) is 5.75 Å². The Kier molecular flexibility index (Phi) is 5.15. The van der Waals surface area contributed by atoms with Gasteiger partial charge < -0.3 is 15.2 Å². The second-order valence-corrected chi connectivity index (χ2v) is 4.61. The maximum absolute atomic E-state index is 11.6. The molecule has 0 saturated carbocycles. The molecular formula is C12H14BrNO4. The molecule has 0 radical (unpaired) electrons. The summed E-state index contributed by atoms with van der Waals surface area (Å²) in [6.45, 7) is 2.95. The minimum Gasteiger partial charge on any atom is -0.479 e. The van der Waals surface area contributed by atoms with Crippen molar-refractivity contribution in [1.82, 2.24) is 0 Å². The third kappa shape index (κ3) is 4.37. The van der Waals surface area contributed by atoms with Gasteiger partial charge in [-0.15, -0.1) is 0 Å². The molecule has 0 fully saturated rings. The summed E-state index contributed by atoms with van der Waals surface area (Å²) in [5.41, 5.74) is 4.99. The Morgan fingerprint density at radius 2 is 1.72 bits per heavy atom. The number of hydrogen-bond acceptors (Lipinski definition) is 4. The number of rotatable bonds is 5. The molecule has 18 heavy (non-hydrogen) atoms. The number of esters is 1. The Morgan fingerprint density at radius 1 is 1.17 bits per heavy atom. The number of primary amides is 1. The first-order valence-corrected chi connectivity index (χ1v) is 6.11. The van der Waals surface area contributed by atoms with Crippen LogP contribution in [0.3, 0.4) is 0 Å². The fraction of sp³-hybridized carbons (Fsp3) is 0.333. The highest BCUT2D eigenvalue weighted by Gasteiger charge is 2.21. The van der Waals surface area contributed by atoms with E-state index in [1.165, 1.54) is 13.8 Å². The summed E-state index contributed by atoms with van der Waals surface area (Å²) < 4.78 is 11.1. The van der Waals surface area contributed by atoms with Crippen molar-refractivity contribution in [2.24, 2.45) is 5.73 Å². The van der Waals surface area contributed by atoms with Gasteiger partial charge in [0, 0.05) is 4.47 Å². The van der Waals surface area contributed by atoms with Crippen LogP contribution >= 0.6 is 15.9 Å². The molecule has 0 bridgehead atoms. The number of nitrogens with two attached hydrogens (primary N) is 1. The topological polar surface area (TPSA) is 78.6 Å². The zero-order valence-electron chi connectivity index (χ0n) is 10.1. The first-order chi connectivity index (χ1) is 8.40. The molecule has 1 amide bonds. The molecule has 0 unspecified atom stereocenters. The van der Waals surface area contributed by atoms with Gasteiger partial charge in [0.05, 0.1) is 0 Å². The van der Waals surface area contributed by atoms with E-state index in [-0.39, 0.29) is 0 Å². The second kappa shape index (κ2) is 6.39. The monoisotopic (exact) mass is 315 g/mol. The average molecular weight is 316 g/mol. The number of benzene rings is 1. The van der Waals surface area contributed by atoms with Crippen molar-refractivity contribution >= 4 is 27.8 Å². The van der Waals surface area contributed by atoms with Crippen LogP contribution in [0.15, 0.2) is 28.7 Å². The van der Waals surface area contributed by atoms with Crippen molar-refractivity contribution in [3.05, 3.63) is 28.7 Å². The van der Waals surface area contributed by atoms with Crippen LogP contribution in [-0.4, -0.2) is 24.1 Å². The van der Waals surface area contributed by atoms with E-state index in [9.17, 15) is 9.59 Å². The van der Waals surface area contributed by atoms with E-state index in [0.29, 0.717) is 5.75 Å². The molecule has 0 aromatic heterocycles. The van der Waals surface area contributed by atoms with Gasteiger partial charge in [0.15, 0.2) is 12.2 Å². The second-order valence-electron chi connectivity index (χ2n) is 3.70. The summed E-state index contributed by atoms with van der Waals surface area (Å²) in [6.07, 6.45) is -1.78. The van der Waals surface area contributed by atoms with E-state index in [1.807, 2.05) is 0 Å². The summed E-state index contributed by atoms with van der Waals surface area (Å²) in [6, 6.07) is 7.01. The van der Waals surface area contributed by atoms with Crippen molar-refractivity contribution in [3.8, 4) is 5.75 Å². The van der Waals surface area contributed by atoms with Crippen LogP contribution in [0, 0.1) is 0 Å². The molecule has 0 saturated heterocycles. The minimum atomic E-state index is -0.964. The van der Waals surface area contributed by atoms with Crippen LogP contribution in [-0.2, 0) is 14.3 Å². The fourth-order valence-corrected chi connectivity index (χ4v) is 1.36. The maximum atomic E-state index is 11.6. The van der Waals surface area contributed by atoms with E-state index in [2.05, 4.69) is 15.9 Å². The molecule has 1 aromatic rings. The minimum absolute atomic E-state index is 0.536. The molecule has 0 aliphatic heterocycles. The van der Waals surface area contributed by atoms with E-state index >= 15 is 0 Å². The highest BCUT2D eigenvalue weighted by molar-refractivity contribution is 9.10. The molecule has 5 nitrogen and oxygen atoms in total. The molecular weight excluding hydrogens is 302 g/mol. The van der Waals surface area contributed by atoms with Crippen molar-refractivity contribution in [2.75, 3.05) is 0 Å². The zero-order chi connectivity index (χ0) is 13.7. The molecule has 0 aliphatic rings. The Bertz CT molecular complexity index is 432. The first-order valence-electron chi connectivity index (χ1n) is 5.32. The molecule has 1 aromatic carbocycles. The first kappa shape index (κ1) is 14.5. The van der Waals surface area contributed by atoms with Gasteiger partial charge in [-0.2, -0.15) is 0 Å². The predicted octanol–water partition coefficient (Wildman–Crippen LogP) is 1.63. The SMILES string of the molecule is C[C@H](OC(=O)[C@H](C)Oc1ccc(Br)cc1)C(N)=O. The number of carbonyl (C=O) groups is 2. The highest BCUT2D eigenvalue weighted by Crippen LogP contribution is 2.17. The standard InChI is InChI=1S/C12H14BrNO4/c1-7(11(14)15)18-12(16)8(2)17-10-5-3-9(13)4-6-10/h3-8H,1-2H3,(H2,14,15)/t7-,8-/m0/s1. The van der Waals surface area contributed by atoms with E-state index in [1.54, 1.807) is 24.3 Å². The number of halogens is 1. The van der Waals surface area contributed by atoms with Crippen molar-refractivity contribution in [2.45, 2.75) is 26.1 Å². The van der Waals surface area contributed by atoms with Gasteiger partial charge >= 0.3 is 5.97 Å². The molecule has 98 valence electrons.